The molecule has 2 aromatic heterocycles. The van der Waals surface area contributed by atoms with Gasteiger partial charge in [-0.2, -0.15) is 0 Å². The summed E-state index contributed by atoms with van der Waals surface area (Å²) in [5.41, 5.74) is 4.50. The standard InChI is InChI=1S/C31H34N6O3S2/c1-3-37-25(17-26(38)33-22-15-13-20(2)14-16-22)35-36-31(37)41-19-27(39)34-30-28(23-11-7-8-12-24(23)42-30)29(40)32-18-21-9-5-4-6-10-21/h4-6,9-10,13-16H,3,7-8,11-12,17-19H2,1-2H3,(H,32,40)(H,33,38)(H,34,39). The first-order valence-electron chi connectivity index (χ1n) is 14.1. The number of hydrogen-bond donors (Lipinski definition) is 3. The Bertz CT molecular complexity index is 1560. The topological polar surface area (TPSA) is 118 Å². The zero-order valence-corrected chi connectivity index (χ0v) is 25.4. The summed E-state index contributed by atoms with van der Waals surface area (Å²) in [4.78, 5) is 40.2. The lowest BCUT2D eigenvalue weighted by molar-refractivity contribution is -0.116. The normalized spacial score (nSPS) is 12.4. The van der Waals surface area contributed by atoms with Crippen LogP contribution in [-0.2, 0) is 41.9 Å². The van der Waals surface area contributed by atoms with Gasteiger partial charge in [-0.15, -0.1) is 21.5 Å². The van der Waals surface area contributed by atoms with Gasteiger partial charge in [-0.3, -0.25) is 14.4 Å². The summed E-state index contributed by atoms with van der Waals surface area (Å²) in [5, 5.41) is 18.5. The van der Waals surface area contributed by atoms with E-state index in [4.69, 9.17) is 0 Å². The van der Waals surface area contributed by atoms with Gasteiger partial charge in [0.25, 0.3) is 5.91 Å². The second-order valence-electron chi connectivity index (χ2n) is 10.2. The molecule has 218 valence electrons. The second kappa shape index (κ2) is 13.8. The molecule has 4 aromatic rings. The van der Waals surface area contributed by atoms with E-state index in [1.165, 1.54) is 28.0 Å². The summed E-state index contributed by atoms with van der Waals surface area (Å²) < 4.78 is 1.85. The van der Waals surface area contributed by atoms with Crippen LogP contribution in [0.5, 0.6) is 0 Å². The average molecular weight is 603 g/mol. The van der Waals surface area contributed by atoms with Gasteiger partial charge in [0.2, 0.25) is 11.8 Å². The molecule has 1 aliphatic rings. The van der Waals surface area contributed by atoms with Crippen molar-refractivity contribution in [2.24, 2.45) is 0 Å². The summed E-state index contributed by atoms with van der Waals surface area (Å²) in [5.74, 6) is 0.0604. The first kappa shape index (κ1) is 29.5. The molecule has 0 radical (unpaired) electrons. The monoisotopic (exact) mass is 602 g/mol. The van der Waals surface area contributed by atoms with Crippen LogP contribution < -0.4 is 16.0 Å². The molecule has 0 atom stereocenters. The number of carbonyl (C=O) groups is 3. The lowest BCUT2D eigenvalue weighted by atomic mass is 9.95. The van der Waals surface area contributed by atoms with Gasteiger partial charge in [-0.1, -0.05) is 59.8 Å². The molecular formula is C31H34N6O3S2. The van der Waals surface area contributed by atoms with Crippen molar-refractivity contribution in [2.45, 2.75) is 64.2 Å². The van der Waals surface area contributed by atoms with Crippen LogP contribution in [-0.4, -0.2) is 38.2 Å². The highest BCUT2D eigenvalue weighted by Gasteiger charge is 2.26. The molecule has 42 heavy (non-hydrogen) atoms. The summed E-state index contributed by atoms with van der Waals surface area (Å²) in [7, 11) is 0. The van der Waals surface area contributed by atoms with Gasteiger partial charge < -0.3 is 20.5 Å². The van der Waals surface area contributed by atoms with E-state index in [9.17, 15) is 14.4 Å². The molecule has 5 rings (SSSR count). The minimum absolute atomic E-state index is 0.0731. The Labute approximate surface area is 253 Å². The molecule has 11 heteroatoms. The van der Waals surface area contributed by atoms with E-state index in [-0.39, 0.29) is 29.9 Å². The third kappa shape index (κ3) is 7.27. The first-order chi connectivity index (χ1) is 20.4. The number of rotatable bonds is 11. The molecule has 2 heterocycles. The minimum atomic E-state index is -0.222. The van der Waals surface area contributed by atoms with Crippen molar-refractivity contribution >= 4 is 51.5 Å². The van der Waals surface area contributed by atoms with Crippen molar-refractivity contribution in [1.82, 2.24) is 20.1 Å². The summed E-state index contributed by atoms with van der Waals surface area (Å²) in [6.45, 7) is 4.93. The van der Waals surface area contributed by atoms with E-state index in [2.05, 4.69) is 26.1 Å². The Balaban J connectivity index is 1.21. The summed E-state index contributed by atoms with van der Waals surface area (Å²) in [6.07, 6.45) is 3.95. The van der Waals surface area contributed by atoms with E-state index < -0.39 is 0 Å². The zero-order chi connectivity index (χ0) is 29.5. The maximum atomic E-state index is 13.3. The quantitative estimate of drug-likeness (QED) is 0.198. The van der Waals surface area contributed by atoms with Crippen LogP contribution in [0.3, 0.4) is 0 Å². The largest absolute Gasteiger partial charge is 0.348 e. The van der Waals surface area contributed by atoms with Crippen LogP contribution in [0, 0.1) is 6.92 Å². The molecule has 3 amide bonds. The maximum Gasteiger partial charge on any atom is 0.254 e. The van der Waals surface area contributed by atoms with Gasteiger partial charge >= 0.3 is 0 Å². The molecule has 0 unspecified atom stereocenters. The smallest absolute Gasteiger partial charge is 0.254 e. The predicted molar refractivity (Wildman–Crippen MR) is 167 cm³/mol. The van der Waals surface area contributed by atoms with Crippen LogP contribution in [0.15, 0.2) is 59.8 Å². The number of aryl methyl sites for hydroxylation is 2. The minimum Gasteiger partial charge on any atom is -0.348 e. The molecule has 0 fully saturated rings. The molecule has 0 saturated heterocycles. The number of thiophene rings is 1. The van der Waals surface area contributed by atoms with Crippen LogP contribution in [0.4, 0.5) is 10.7 Å². The van der Waals surface area contributed by atoms with Crippen molar-refractivity contribution in [2.75, 3.05) is 16.4 Å². The molecular weight excluding hydrogens is 569 g/mol. The number of aromatic nitrogens is 3. The molecule has 3 N–H and O–H groups in total. The van der Waals surface area contributed by atoms with Crippen LogP contribution in [0.25, 0.3) is 0 Å². The number of thioether (sulfide) groups is 1. The van der Waals surface area contributed by atoms with Gasteiger partial charge in [0.05, 0.1) is 17.7 Å². The number of carbonyl (C=O) groups excluding carboxylic acids is 3. The van der Waals surface area contributed by atoms with Crippen molar-refractivity contribution in [3.63, 3.8) is 0 Å². The Kier molecular flexibility index (Phi) is 9.70. The van der Waals surface area contributed by atoms with E-state index >= 15 is 0 Å². The van der Waals surface area contributed by atoms with Crippen LogP contribution >= 0.6 is 23.1 Å². The van der Waals surface area contributed by atoms with Gasteiger partial charge in [0, 0.05) is 23.7 Å². The number of fused-ring (bicyclic) bond motifs is 1. The van der Waals surface area contributed by atoms with Crippen LogP contribution in [0.2, 0.25) is 0 Å². The van der Waals surface area contributed by atoms with Crippen molar-refractivity contribution in [3.8, 4) is 0 Å². The fourth-order valence-corrected chi connectivity index (χ4v) is 7.04. The van der Waals surface area contributed by atoms with E-state index in [1.54, 1.807) is 0 Å². The van der Waals surface area contributed by atoms with E-state index in [1.807, 2.05) is 73.0 Å². The highest BCUT2D eigenvalue weighted by Crippen LogP contribution is 2.38. The third-order valence-corrected chi connectivity index (χ3v) is 9.22. The van der Waals surface area contributed by atoms with Crippen molar-refractivity contribution in [3.05, 3.63) is 87.6 Å². The first-order valence-corrected chi connectivity index (χ1v) is 15.9. The molecule has 1 aliphatic carbocycles. The fourth-order valence-electron chi connectivity index (χ4n) is 4.91. The molecule has 0 bridgehead atoms. The molecule has 2 aromatic carbocycles. The van der Waals surface area contributed by atoms with Crippen molar-refractivity contribution in [1.29, 1.82) is 0 Å². The van der Waals surface area contributed by atoms with Gasteiger partial charge in [0.15, 0.2) is 5.16 Å². The average Bonchev–Trinajstić information content (AvgIpc) is 3.56. The van der Waals surface area contributed by atoms with Crippen LogP contribution in [0.1, 0.15) is 57.5 Å². The molecule has 0 spiro atoms. The lowest BCUT2D eigenvalue weighted by Crippen LogP contribution is -2.25. The van der Waals surface area contributed by atoms with E-state index in [0.717, 1.165) is 48.1 Å². The number of hydrogen-bond acceptors (Lipinski definition) is 7. The summed E-state index contributed by atoms with van der Waals surface area (Å²) >= 11 is 2.76. The Morgan fingerprint density at radius 3 is 2.48 bits per heavy atom. The Hall–Kier alpha value is -3.96. The number of benzene rings is 2. The molecule has 9 nitrogen and oxygen atoms in total. The maximum absolute atomic E-state index is 13.3. The Morgan fingerprint density at radius 1 is 0.952 bits per heavy atom. The van der Waals surface area contributed by atoms with E-state index in [0.29, 0.717) is 34.6 Å². The highest BCUT2D eigenvalue weighted by atomic mass is 32.2. The number of nitrogens with zero attached hydrogens (tertiary/aromatic N) is 3. The highest BCUT2D eigenvalue weighted by molar-refractivity contribution is 7.99. The predicted octanol–water partition coefficient (Wildman–Crippen LogP) is 5.39. The van der Waals surface area contributed by atoms with Crippen molar-refractivity contribution < 1.29 is 14.4 Å². The number of amides is 3. The Morgan fingerprint density at radius 2 is 1.71 bits per heavy atom. The number of nitrogens with one attached hydrogen (secondary N) is 3. The van der Waals surface area contributed by atoms with Gasteiger partial charge in [-0.05, 0) is 62.8 Å². The lowest BCUT2D eigenvalue weighted by Gasteiger charge is -2.13. The zero-order valence-electron chi connectivity index (χ0n) is 23.7. The SMILES string of the molecule is CCn1c(CC(=O)Nc2ccc(C)cc2)nnc1SCC(=O)Nc1sc2c(c1C(=O)NCc1ccccc1)CCCC2. The van der Waals surface area contributed by atoms with Gasteiger partial charge in [-0.25, -0.2) is 0 Å². The third-order valence-electron chi connectivity index (χ3n) is 7.04. The molecule has 0 saturated carbocycles. The number of anilines is 2. The molecule has 0 aliphatic heterocycles. The summed E-state index contributed by atoms with van der Waals surface area (Å²) in [6, 6.07) is 17.4. The second-order valence-corrected chi connectivity index (χ2v) is 12.2. The fraction of sp³-hybridized carbons (Fsp3) is 0.323. The van der Waals surface area contributed by atoms with Gasteiger partial charge in [0.1, 0.15) is 10.8 Å².